The van der Waals surface area contributed by atoms with Gasteiger partial charge < -0.3 is 14.5 Å². The van der Waals surface area contributed by atoms with E-state index in [1.165, 1.54) is 12.1 Å². The minimum atomic E-state index is -4.60. The number of aryl methyl sites for hydroxylation is 1. The predicted octanol–water partition coefficient (Wildman–Crippen LogP) is 6.13. The second-order valence-electron chi connectivity index (χ2n) is 7.18. The Bertz CT molecular complexity index is 1140. The number of benzene rings is 2. The lowest BCUT2D eigenvalue weighted by Gasteiger charge is -2.15. The zero-order valence-electron chi connectivity index (χ0n) is 17.8. The maximum absolute atomic E-state index is 13.0. The fourth-order valence-corrected chi connectivity index (χ4v) is 2.87. The number of anilines is 1. The van der Waals surface area contributed by atoms with E-state index in [9.17, 15) is 31.1 Å². The molecule has 2 aromatic carbocycles. The molecule has 0 radical (unpaired) electrons. The van der Waals surface area contributed by atoms with E-state index < -0.39 is 29.4 Å². The largest absolute Gasteiger partial charge is 0.491 e. The second kappa shape index (κ2) is 10.1. The average Bonchev–Trinajstić information content (AvgIpc) is 3.25. The van der Waals surface area contributed by atoms with Crippen molar-refractivity contribution in [3.05, 3.63) is 59.5 Å². The lowest BCUT2D eigenvalue weighted by molar-refractivity contribution is -0.138. The summed E-state index contributed by atoms with van der Waals surface area (Å²) in [5, 5.41) is 9.80. The van der Waals surface area contributed by atoms with E-state index in [1.54, 1.807) is 0 Å². The first kappa shape index (κ1) is 25.1. The summed E-state index contributed by atoms with van der Waals surface area (Å²) in [7, 11) is 0. The van der Waals surface area contributed by atoms with Crippen molar-refractivity contribution in [2.24, 2.45) is 0 Å². The number of nitrogens with one attached hydrogen (secondary N) is 1. The van der Waals surface area contributed by atoms with Crippen LogP contribution in [0.5, 0.6) is 5.75 Å². The van der Waals surface area contributed by atoms with Crippen molar-refractivity contribution < 1.29 is 40.3 Å². The van der Waals surface area contributed by atoms with Crippen molar-refractivity contribution in [1.82, 2.24) is 10.2 Å². The SMILES string of the molecule is CCCOc1ccc(C(F)(F)F)cc1NC(=O)CCc1nnc(-c2cccc(C(F)(F)F)c2)o1. The molecule has 1 aromatic heterocycles. The molecule has 0 atom stereocenters. The van der Waals surface area contributed by atoms with E-state index in [2.05, 4.69) is 15.5 Å². The fraction of sp³-hybridized carbons (Fsp3) is 0.318. The molecule has 0 saturated heterocycles. The van der Waals surface area contributed by atoms with Gasteiger partial charge in [0, 0.05) is 18.4 Å². The molecule has 1 amide bonds. The maximum Gasteiger partial charge on any atom is 0.416 e. The van der Waals surface area contributed by atoms with Gasteiger partial charge in [0.1, 0.15) is 5.75 Å². The number of halogens is 6. The molecule has 1 N–H and O–H groups in total. The highest BCUT2D eigenvalue weighted by atomic mass is 19.4. The minimum absolute atomic E-state index is 0.0194. The fourth-order valence-electron chi connectivity index (χ4n) is 2.87. The summed E-state index contributed by atoms with van der Waals surface area (Å²) >= 11 is 0. The number of hydrogen-bond donors (Lipinski definition) is 1. The minimum Gasteiger partial charge on any atom is -0.491 e. The molecular weight excluding hydrogens is 468 g/mol. The molecule has 6 nitrogen and oxygen atoms in total. The van der Waals surface area contributed by atoms with Crippen LogP contribution in [-0.2, 0) is 23.6 Å². The van der Waals surface area contributed by atoms with Crippen LogP contribution < -0.4 is 10.1 Å². The Balaban J connectivity index is 1.68. The smallest absolute Gasteiger partial charge is 0.416 e. The number of alkyl halides is 6. The lowest BCUT2D eigenvalue weighted by atomic mass is 10.1. The molecule has 0 fully saturated rings. The summed E-state index contributed by atoms with van der Waals surface area (Å²) in [5.74, 6) is -0.726. The summed E-state index contributed by atoms with van der Waals surface area (Å²) in [6.45, 7) is 2.06. The van der Waals surface area contributed by atoms with Crippen LogP contribution in [-0.4, -0.2) is 22.7 Å². The van der Waals surface area contributed by atoms with Crippen LogP contribution in [0.4, 0.5) is 32.0 Å². The number of ether oxygens (including phenoxy) is 1. The van der Waals surface area contributed by atoms with Gasteiger partial charge >= 0.3 is 12.4 Å². The van der Waals surface area contributed by atoms with Gasteiger partial charge in [-0.1, -0.05) is 13.0 Å². The van der Waals surface area contributed by atoms with E-state index in [1.807, 2.05) is 6.92 Å². The quantitative estimate of drug-likeness (QED) is 0.387. The highest BCUT2D eigenvalue weighted by molar-refractivity contribution is 5.92. The molecule has 0 unspecified atom stereocenters. The number of hydrogen-bond acceptors (Lipinski definition) is 5. The molecule has 0 saturated carbocycles. The zero-order chi connectivity index (χ0) is 24.9. The Morgan fingerprint density at radius 3 is 2.38 bits per heavy atom. The molecule has 3 rings (SSSR count). The Kier molecular flexibility index (Phi) is 7.48. The molecule has 0 aliphatic rings. The topological polar surface area (TPSA) is 77.2 Å². The van der Waals surface area contributed by atoms with Crippen molar-refractivity contribution in [3.8, 4) is 17.2 Å². The van der Waals surface area contributed by atoms with Gasteiger partial charge in [0.2, 0.25) is 17.7 Å². The van der Waals surface area contributed by atoms with Crippen molar-refractivity contribution in [3.63, 3.8) is 0 Å². The van der Waals surface area contributed by atoms with E-state index >= 15 is 0 Å². The van der Waals surface area contributed by atoms with E-state index in [-0.39, 0.29) is 48.2 Å². The molecule has 3 aromatic rings. The first-order valence-electron chi connectivity index (χ1n) is 10.1. The van der Waals surface area contributed by atoms with Gasteiger partial charge in [0.15, 0.2) is 0 Å². The monoisotopic (exact) mass is 487 g/mol. The number of rotatable bonds is 8. The highest BCUT2D eigenvalue weighted by Gasteiger charge is 2.32. The molecule has 0 aliphatic carbocycles. The molecular formula is C22H19F6N3O3. The standard InChI is InChI=1S/C22H19F6N3O3/c1-2-10-33-17-7-6-15(22(26,27)28)12-16(17)29-18(32)8-9-19-30-31-20(34-19)13-4-3-5-14(11-13)21(23,24)25/h3-7,11-12H,2,8-10H2,1H3,(H,29,32). The van der Waals surface area contributed by atoms with Gasteiger partial charge in [-0.15, -0.1) is 10.2 Å². The summed E-state index contributed by atoms with van der Waals surface area (Å²) in [6.07, 6.45) is -8.85. The Hall–Kier alpha value is -3.57. The molecule has 34 heavy (non-hydrogen) atoms. The van der Waals surface area contributed by atoms with Crippen LogP contribution in [0.2, 0.25) is 0 Å². The summed E-state index contributed by atoms with van der Waals surface area (Å²) in [6, 6.07) is 7.09. The van der Waals surface area contributed by atoms with Crippen molar-refractivity contribution >= 4 is 11.6 Å². The maximum atomic E-state index is 13.0. The Labute approximate surface area is 189 Å². The lowest BCUT2D eigenvalue weighted by Crippen LogP contribution is -2.15. The first-order chi connectivity index (χ1) is 16.0. The van der Waals surface area contributed by atoms with E-state index in [4.69, 9.17) is 9.15 Å². The molecule has 0 bridgehead atoms. The Morgan fingerprint density at radius 2 is 1.71 bits per heavy atom. The van der Waals surface area contributed by atoms with Crippen molar-refractivity contribution in [1.29, 1.82) is 0 Å². The third-order valence-corrected chi connectivity index (χ3v) is 4.51. The van der Waals surface area contributed by atoms with E-state index in [0.717, 1.165) is 30.3 Å². The first-order valence-corrected chi connectivity index (χ1v) is 10.1. The third kappa shape index (κ3) is 6.49. The summed E-state index contributed by atoms with van der Waals surface area (Å²) in [5.41, 5.74) is -1.91. The van der Waals surface area contributed by atoms with Crippen molar-refractivity contribution in [2.45, 2.75) is 38.5 Å². The molecule has 0 aliphatic heterocycles. The number of carbonyl (C=O) groups excluding carboxylic acids is 1. The zero-order valence-corrected chi connectivity index (χ0v) is 17.8. The third-order valence-electron chi connectivity index (χ3n) is 4.51. The highest BCUT2D eigenvalue weighted by Crippen LogP contribution is 2.35. The van der Waals surface area contributed by atoms with Crippen LogP contribution in [0.3, 0.4) is 0 Å². The van der Waals surface area contributed by atoms with Crippen LogP contribution in [0, 0.1) is 0 Å². The number of amides is 1. The normalized spacial score (nSPS) is 12.0. The summed E-state index contributed by atoms with van der Waals surface area (Å²) < 4.78 is 88.5. The van der Waals surface area contributed by atoms with Gasteiger partial charge in [0.05, 0.1) is 23.4 Å². The predicted molar refractivity (Wildman–Crippen MR) is 109 cm³/mol. The summed E-state index contributed by atoms with van der Waals surface area (Å²) in [4.78, 5) is 12.3. The second-order valence-corrected chi connectivity index (χ2v) is 7.18. The van der Waals surface area contributed by atoms with Crippen molar-refractivity contribution in [2.75, 3.05) is 11.9 Å². The van der Waals surface area contributed by atoms with Gasteiger partial charge in [-0.3, -0.25) is 4.79 Å². The number of nitrogens with zero attached hydrogens (tertiary/aromatic N) is 2. The molecule has 12 heteroatoms. The molecule has 182 valence electrons. The van der Waals surface area contributed by atoms with Crippen LogP contribution in [0.15, 0.2) is 46.9 Å². The number of carbonyl (C=O) groups is 1. The molecule has 1 heterocycles. The average molecular weight is 487 g/mol. The Morgan fingerprint density at radius 1 is 1.00 bits per heavy atom. The number of aromatic nitrogens is 2. The van der Waals surface area contributed by atoms with E-state index in [0.29, 0.717) is 6.42 Å². The van der Waals surface area contributed by atoms with Gasteiger partial charge in [0.25, 0.3) is 0 Å². The van der Waals surface area contributed by atoms with Gasteiger partial charge in [-0.05, 0) is 42.8 Å². The van der Waals surface area contributed by atoms with Crippen LogP contribution in [0.1, 0.15) is 36.8 Å². The molecule has 0 spiro atoms. The van der Waals surface area contributed by atoms with Crippen LogP contribution in [0.25, 0.3) is 11.5 Å². The van der Waals surface area contributed by atoms with Gasteiger partial charge in [-0.2, -0.15) is 26.3 Å². The van der Waals surface area contributed by atoms with Crippen LogP contribution >= 0.6 is 0 Å². The van der Waals surface area contributed by atoms with Gasteiger partial charge in [-0.25, -0.2) is 0 Å².